The van der Waals surface area contributed by atoms with Gasteiger partial charge < -0.3 is 0 Å². The van der Waals surface area contributed by atoms with Crippen LogP contribution in [-0.2, 0) is 6.42 Å². The number of benzene rings is 1. The van der Waals surface area contributed by atoms with Gasteiger partial charge in [0.05, 0.1) is 0 Å². The predicted octanol–water partition coefficient (Wildman–Crippen LogP) is 3.98. The van der Waals surface area contributed by atoms with Crippen molar-refractivity contribution in [3.8, 4) is 0 Å². The molecule has 0 atom stereocenters. The molecule has 1 rings (SSSR count). The first-order valence-corrected chi connectivity index (χ1v) is 4.75. The minimum Gasteiger partial charge on any atom is -0.0983 e. The van der Waals surface area contributed by atoms with Gasteiger partial charge in [-0.25, -0.2) is 0 Å². The molecule has 0 bridgehead atoms. The highest BCUT2D eigenvalue weighted by Gasteiger charge is 1.99. The van der Waals surface area contributed by atoms with Crippen LogP contribution in [0.1, 0.15) is 18.4 Å². The molecule has 0 fully saturated rings. The Labute approximate surface area is 83.5 Å². The maximum Gasteiger partial charge on any atom is 0.151 e. The van der Waals surface area contributed by atoms with Gasteiger partial charge in [0, 0.05) is 0 Å². The zero-order valence-corrected chi connectivity index (χ0v) is 8.28. The number of aryl methyl sites for hydroxylation is 1. The standard InChI is InChI=1S/C10H11Cl2/c11-10(12)8-4-7-9-5-2-1-3-6-9/h1-3,5-6H,4,7-8H2. The largest absolute Gasteiger partial charge is 0.151 e. The molecule has 2 heteroatoms. The molecule has 12 heavy (non-hydrogen) atoms. The highest BCUT2D eigenvalue weighted by Crippen LogP contribution is 2.19. The van der Waals surface area contributed by atoms with Gasteiger partial charge in [0.15, 0.2) is 4.84 Å². The SMILES string of the molecule is Cl[C](Cl)CCCc1ccccc1. The van der Waals surface area contributed by atoms with Crippen LogP contribution in [0.15, 0.2) is 30.3 Å². The highest BCUT2D eigenvalue weighted by atomic mass is 35.5. The Morgan fingerprint density at radius 3 is 2.33 bits per heavy atom. The van der Waals surface area contributed by atoms with E-state index in [0.29, 0.717) is 4.84 Å². The van der Waals surface area contributed by atoms with Crippen molar-refractivity contribution >= 4 is 23.2 Å². The summed E-state index contributed by atoms with van der Waals surface area (Å²) in [5.74, 6) is 0. The van der Waals surface area contributed by atoms with Gasteiger partial charge in [-0.05, 0) is 24.8 Å². The van der Waals surface area contributed by atoms with E-state index in [1.54, 1.807) is 0 Å². The van der Waals surface area contributed by atoms with Crippen molar-refractivity contribution in [3.05, 3.63) is 40.7 Å². The number of rotatable bonds is 4. The summed E-state index contributed by atoms with van der Waals surface area (Å²) < 4.78 is 0. The van der Waals surface area contributed by atoms with E-state index in [1.165, 1.54) is 5.56 Å². The van der Waals surface area contributed by atoms with E-state index >= 15 is 0 Å². The van der Waals surface area contributed by atoms with Crippen molar-refractivity contribution in [2.45, 2.75) is 19.3 Å². The maximum absolute atomic E-state index is 5.53. The van der Waals surface area contributed by atoms with Crippen LogP contribution in [0.2, 0.25) is 0 Å². The van der Waals surface area contributed by atoms with E-state index < -0.39 is 0 Å². The molecule has 0 heterocycles. The molecule has 1 aromatic rings. The lowest BCUT2D eigenvalue weighted by atomic mass is 10.1. The van der Waals surface area contributed by atoms with E-state index in [2.05, 4.69) is 12.1 Å². The molecule has 0 unspecified atom stereocenters. The van der Waals surface area contributed by atoms with Crippen LogP contribution in [0.4, 0.5) is 0 Å². The van der Waals surface area contributed by atoms with Gasteiger partial charge in [0.2, 0.25) is 0 Å². The molecule has 0 aliphatic heterocycles. The van der Waals surface area contributed by atoms with Crippen molar-refractivity contribution in [2.75, 3.05) is 0 Å². The van der Waals surface area contributed by atoms with Crippen molar-refractivity contribution in [1.29, 1.82) is 0 Å². The molecule has 0 spiro atoms. The lowest BCUT2D eigenvalue weighted by Gasteiger charge is -2.00. The second-order valence-electron chi connectivity index (χ2n) is 2.68. The van der Waals surface area contributed by atoms with Gasteiger partial charge >= 0.3 is 0 Å². The molecule has 0 aliphatic rings. The zero-order valence-electron chi connectivity index (χ0n) is 6.76. The Morgan fingerprint density at radius 2 is 1.75 bits per heavy atom. The summed E-state index contributed by atoms with van der Waals surface area (Å²) in [6.07, 6.45) is 2.86. The Morgan fingerprint density at radius 1 is 1.08 bits per heavy atom. The van der Waals surface area contributed by atoms with E-state index in [1.807, 2.05) is 18.2 Å². The van der Waals surface area contributed by atoms with Crippen molar-refractivity contribution in [2.24, 2.45) is 0 Å². The third-order valence-electron chi connectivity index (χ3n) is 1.67. The number of hydrogen-bond acceptors (Lipinski definition) is 0. The Balaban J connectivity index is 2.25. The van der Waals surface area contributed by atoms with Gasteiger partial charge in [0.25, 0.3) is 0 Å². The summed E-state index contributed by atoms with van der Waals surface area (Å²) in [6, 6.07) is 10.3. The predicted molar refractivity (Wildman–Crippen MR) is 54.3 cm³/mol. The van der Waals surface area contributed by atoms with Crippen molar-refractivity contribution in [1.82, 2.24) is 0 Å². The van der Waals surface area contributed by atoms with Crippen LogP contribution in [0.25, 0.3) is 0 Å². The first kappa shape index (κ1) is 9.88. The third-order valence-corrected chi connectivity index (χ3v) is 2.05. The van der Waals surface area contributed by atoms with Gasteiger partial charge in [0.1, 0.15) is 0 Å². The third kappa shape index (κ3) is 3.99. The van der Waals surface area contributed by atoms with Crippen LogP contribution in [0.5, 0.6) is 0 Å². The first-order valence-electron chi connectivity index (χ1n) is 4.00. The summed E-state index contributed by atoms with van der Waals surface area (Å²) in [5, 5.41) is 0. The van der Waals surface area contributed by atoms with E-state index in [0.717, 1.165) is 19.3 Å². The zero-order chi connectivity index (χ0) is 8.81. The molecule has 0 aliphatic carbocycles. The Hall–Kier alpha value is -0.200. The van der Waals surface area contributed by atoms with Crippen LogP contribution < -0.4 is 0 Å². The minimum atomic E-state index is 0.478. The lowest BCUT2D eigenvalue weighted by molar-refractivity contribution is 0.821. The average molecular weight is 202 g/mol. The average Bonchev–Trinajstić information content (AvgIpc) is 2.05. The van der Waals surface area contributed by atoms with Crippen LogP contribution in [-0.4, -0.2) is 0 Å². The fourth-order valence-corrected chi connectivity index (χ4v) is 1.34. The van der Waals surface area contributed by atoms with Crippen LogP contribution in [0.3, 0.4) is 0 Å². The molecular weight excluding hydrogens is 191 g/mol. The molecule has 0 saturated heterocycles. The first-order chi connectivity index (χ1) is 5.79. The summed E-state index contributed by atoms with van der Waals surface area (Å²) in [5.41, 5.74) is 1.34. The molecule has 1 aromatic carbocycles. The molecule has 0 saturated carbocycles. The van der Waals surface area contributed by atoms with Crippen molar-refractivity contribution in [3.63, 3.8) is 0 Å². The summed E-state index contributed by atoms with van der Waals surface area (Å²) >= 11 is 11.1. The van der Waals surface area contributed by atoms with Gasteiger partial charge in [-0.3, -0.25) is 0 Å². The van der Waals surface area contributed by atoms with Gasteiger partial charge in [-0.1, -0.05) is 53.5 Å². The fraction of sp³-hybridized carbons (Fsp3) is 0.300. The van der Waals surface area contributed by atoms with Gasteiger partial charge in [-0.2, -0.15) is 0 Å². The second-order valence-corrected chi connectivity index (χ2v) is 3.78. The molecular formula is C10H11Cl2. The Kier molecular flexibility index (Phi) is 4.49. The molecule has 0 nitrogen and oxygen atoms in total. The monoisotopic (exact) mass is 201 g/mol. The summed E-state index contributed by atoms with van der Waals surface area (Å²) in [6.45, 7) is 0. The molecule has 0 aromatic heterocycles. The quantitative estimate of drug-likeness (QED) is 0.692. The van der Waals surface area contributed by atoms with Gasteiger partial charge in [-0.15, -0.1) is 0 Å². The smallest absolute Gasteiger partial charge is 0.0983 e. The van der Waals surface area contributed by atoms with Crippen LogP contribution in [0, 0.1) is 4.84 Å². The van der Waals surface area contributed by atoms with Crippen molar-refractivity contribution < 1.29 is 0 Å². The molecule has 1 radical (unpaired) electrons. The second kappa shape index (κ2) is 5.45. The fourth-order valence-electron chi connectivity index (χ4n) is 1.07. The molecule has 0 amide bonds. The highest BCUT2D eigenvalue weighted by molar-refractivity contribution is 6.52. The normalized spacial score (nSPS) is 10.6. The van der Waals surface area contributed by atoms with E-state index in [-0.39, 0.29) is 0 Å². The summed E-state index contributed by atoms with van der Waals surface area (Å²) in [4.78, 5) is 0.478. The maximum atomic E-state index is 5.53. The molecule has 65 valence electrons. The number of halogens is 2. The summed E-state index contributed by atoms with van der Waals surface area (Å²) in [7, 11) is 0. The number of hydrogen-bond donors (Lipinski definition) is 0. The minimum absolute atomic E-state index is 0.478. The molecule has 0 N–H and O–H groups in total. The van der Waals surface area contributed by atoms with E-state index in [4.69, 9.17) is 23.2 Å². The van der Waals surface area contributed by atoms with E-state index in [9.17, 15) is 0 Å². The Bertz CT molecular complexity index is 206. The van der Waals surface area contributed by atoms with Crippen LogP contribution >= 0.6 is 23.2 Å². The lowest BCUT2D eigenvalue weighted by Crippen LogP contribution is -1.85. The topological polar surface area (TPSA) is 0 Å².